The molecule has 4 heteroatoms. The van der Waals surface area contributed by atoms with Gasteiger partial charge in [-0.3, -0.25) is 0 Å². The van der Waals surface area contributed by atoms with E-state index in [9.17, 15) is 9.59 Å². The fourth-order valence-corrected chi connectivity index (χ4v) is 2.35. The Balaban J connectivity index is 2.74. The lowest BCUT2D eigenvalue weighted by molar-refractivity contribution is 0.0677. The van der Waals surface area contributed by atoms with Crippen LogP contribution in [0.4, 0.5) is 0 Å². The molecule has 1 aromatic rings. The van der Waals surface area contributed by atoms with Gasteiger partial charge in [0.1, 0.15) is 0 Å². The SMILES string of the molecule is Cc1c(C(=O)O)cc2c(C(=O)O)c1CCC2. The number of aromatic carboxylic acids is 2. The highest BCUT2D eigenvalue weighted by Crippen LogP contribution is 2.30. The first-order chi connectivity index (χ1) is 7.52. The van der Waals surface area contributed by atoms with Gasteiger partial charge in [-0.2, -0.15) is 0 Å². The van der Waals surface area contributed by atoms with E-state index in [0.717, 1.165) is 6.42 Å². The van der Waals surface area contributed by atoms with Gasteiger partial charge in [0.15, 0.2) is 0 Å². The maximum atomic E-state index is 11.1. The minimum Gasteiger partial charge on any atom is -0.478 e. The molecule has 0 saturated carbocycles. The maximum Gasteiger partial charge on any atom is 0.336 e. The fraction of sp³-hybridized carbons (Fsp3) is 0.333. The highest BCUT2D eigenvalue weighted by Gasteiger charge is 2.25. The van der Waals surface area contributed by atoms with Gasteiger partial charge in [-0.15, -0.1) is 0 Å². The molecule has 4 nitrogen and oxygen atoms in total. The molecule has 2 rings (SSSR count). The lowest BCUT2D eigenvalue weighted by Gasteiger charge is -2.21. The number of carboxylic acids is 2. The molecule has 1 aromatic carbocycles. The Morgan fingerprint density at radius 2 is 1.88 bits per heavy atom. The molecule has 0 aliphatic heterocycles. The average molecular weight is 220 g/mol. The number of aryl methyl sites for hydroxylation is 1. The van der Waals surface area contributed by atoms with E-state index in [4.69, 9.17) is 10.2 Å². The first-order valence-corrected chi connectivity index (χ1v) is 5.14. The molecule has 2 N–H and O–H groups in total. The molecule has 0 fully saturated rings. The van der Waals surface area contributed by atoms with Crippen LogP contribution in [-0.4, -0.2) is 22.2 Å². The van der Waals surface area contributed by atoms with Gasteiger partial charge in [0.25, 0.3) is 0 Å². The predicted octanol–water partition coefficient (Wildman–Crippen LogP) is 1.88. The molecule has 84 valence electrons. The van der Waals surface area contributed by atoms with Crippen molar-refractivity contribution >= 4 is 11.9 Å². The average Bonchev–Trinajstić information content (AvgIpc) is 2.22. The Labute approximate surface area is 92.5 Å². The number of carboxylic acid groups (broad SMARTS) is 2. The molecule has 0 amide bonds. The number of hydrogen-bond acceptors (Lipinski definition) is 2. The van der Waals surface area contributed by atoms with Crippen molar-refractivity contribution in [2.24, 2.45) is 0 Å². The van der Waals surface area contributed by atoms with E-state index in [1.54, 1.807) is 6.92 Å². The van der Waals surface area contributed by atoms with Crippen molar-refractivity contribution < 1.29 is 19.8 Å². The first-order valence-electron chi connectivity index (χ1n) is 5.14. The lowest BCUT2D eigenvalue weighted by atomic mass is 9.83. The van der Waals surface area contributed by atoms with Gasteiger partial charge in [0.05, 0.1) is 11.1 Å². The van der Waals surface area contributed by atoms with Crippen LogP contribution in [0, 0.1) is 6.92 Å². The zero-order valence-corrected chi connectivity index (χ0v) is 8.91. The predicted molar refractivity (Wildman–Crippen MR) is 57.1 cm³/mol. The zero-order valence-electron chi connectivity index (χ0n) is 8.91. The molecule has 1 aliphatic rings. The largest absolute Gasteiger partial charge is 0.478 e. The van der Waals surface area contributed by atoms with Crippen LogP contribution < -0.4 is 0 Å². The molecule has 0 heterocycles. The highest BCUT2D eigenvalue weighted by molar-refractivity contribution is 5.96. The fourth-order valence-electron chi connectivity index (χ4n) is 2.35. The second-order valence-electron chi connectivity index (χ2n) is 4.03. The molecule has 1 aliphatic carbocycles. The quantitative estimate of drug-likeness (QED) is 0.797. The Kier molecular flexibility index (Phi) is 2.42. The van der Waals surface area contributed by atoms with Crippen LogP contribution in [0.15, 0.2) is 6.07 Å². The summed E-state index contributed by atoms with van der Waals surface area (Å²) in [5.74, 6) is -1.94. The summed E-state index contributed by atoms with van der Waals surface area (Å²) >= 11 is 0. The zero-order chi connectivity index (χ0) is 11.9. The van der Waals surface area contributed by atoms with E-state index in [1.807, 2.05) is 0 Å². The normalized spacial score (nSPS) is 13.6. The molecule has 0 saturated heterocycles. The summed E-state index contributed by atoms with van der Waals surface area (Å²) in [5.41, 5.74) is 2.47. The summed E-state index contributed by atoms with van der Waals surface area (Å²) < 4.78 is 0. The van der Waals surface area contributed by atoms with Gasteiger partial charge in [-0.1, -0.05) is 0 Å². The van der Waals surface area contributed by atoms with Crippen LogP contribution in [0.3, 0.4) is 0 Å². The summed E-state index contributed by atoms with van der Waals surface area (Å²) in [7, 11) is 0. The van der Waals surface area contributed by atoms with Crippen molar-refractivity contribution in [1.29, 1.82) is 0 Å². The topological polar surface area (TPSA) is 74.6 Å². The Morgan fingerprint density at radius 1 is 1.19 bits per heavy atom. The number of rotatable bonds is 2. The van der Waals surface area contributed by atoms with Crippen molar-refractivity contribution in [3.63, 3.8) is 0 Å². The van der Waals surface area contributed by atoms with Crippen LogP contribution in [0.25, 0.3) is 0 Å². The van der Waals surface area contributed by atoms with Crippen molar-refractivity contribution in [3.8, 4) is 0 Å². The third-order valence-corrected chi connectivity index (χ3v) is 3.12. The monoisotopic (exact) mass is 220 g/mol. The van der Waals surface area contributed by atoms with Crippen molar-refractivity contribution in [3.05, 3.63) is 33.9 Å². The van der Waals surface area contributed by atoms with Crippen LogP contribution in [0.5, 0.6) is 0 Å². The number of carbonyl (C=O) groups is 2. The summed E-state index contributed by atoms with van der Waals surface area (Å²) in [6.07, 6.45) is 2.19. The van der Waals surface area contributed by atoms with Crippen molar-refractivity contribution in [1.82, 2.24) is 0 Å². The Bertz CT molecular complexity index is 488. The van der Waals surface area contributed by atoms with E-state index in [1.165, 1.54) is 6.07 Å². The van der Waals surface area contributed by atoms with Crippen LogP contribution in [-0.2, 0) is 12.8 Å². The molecule has 0 aromatic heterocycles. The molecule has 2 bridgehead atoms. The molecular weight excluding hydrogens is 208 g/mol. The van der Waals surface area contributed by atoms with Crippen LogP contribution in [0.2, 0.25) is 0 Å². The van der Waals surface area contributed by atoms with Gasteiger partial charge in [-0.05, 0) is 48.9 Å². The summed E-state index contributed by atoms with van der Waals surface area (Å²) in [5, 5.41) is 18.1. The Morgan fingerprint density at radius 3 is 2.44 bits per heavy atom. The van der Waals surface area contributed by atoms with Gasteiger partial charge in [-0.25, -0.2) is 9.59 Å². The smallest absolute Gasteiger partial charge is 0.336 e. The van der Waals surface area contributed by atoms with Gasteiger partial charge >= 0.3 is 11.9 Å². The maximum absolute atomic E-state index is 11.1. The third kappa shape index (κ3) is 1.46. The Hall–Kier alpha value is -1.84. The molecule has 0 atom stereocenters. The highest BCUT2D eigenvalue weighted by atomic mass is 16.4. The standard InChI is InChI=1S/C12H12O4/c1-6-8-4-2-3-7(10(8)12(15)16)5-9(6)11(13)14/h5H,2-4H2,1H3,(H,13,14)(H,15,16). The molecule has 0 spiro atoms. The molecule has 16 heavy (non-hydrogen) atoms. The van der Waals surface area contributed by atoms with Gasteiger partial charge in [0, 0.05) is 0 Å². The first kappa shape index (κ1) is 10.7. The van der Waals surface area contributed by atoms with Gasteiger partial charge < -0.3 is 10.2 Å². The minimum absolute atomic E-state index is 0.231. The van der Waals surface area contributed by atoms with E-state index < -0.39 is 11.9 Å². The van der Waals surface area contributed by atoms with E-state index in [-0.39, 0.29) is 5.56 Å². The van der Waals surface area contributed by atoms with Gasteiger partial charge in [0.2, 0.25) is 0 Å². The molecule has 0 radical (unpaired) electrons. The van der Waals surface area contributed by atoms with Crippen molar-refractivity contribution in [2.45, 2.75) is 26.2 Å². The number of benzene rings is 1. The van der Waals surface area contributed by atoms with Crippen LogP contribution >= 0.6 is 0 Å². The number of fused-ring (bicyclic) bond motifs is 2. The van der Waals surface area contributed by atoms with Crippen LogP contribution in [0.1, 0.15) is 43.8 Å². The molecule has 0 unspecified atom stereocenters. The second kappa shape index (κ2) is 3.63. The third-order valence-electron chi connectivity index (χ3n) is 3.12. The second-order valence-corrected chi connectivity index (χ2v) is 4.03. The van der Waals surface area contributed by atoms with Crippen molar-refractivity contribution in [2.75, 3.05) is 0 Å². The van der Waals surface area contributed by atoms with E-state index >= 15 is 0 Å². The molecular formula is C12H12O4. The summed E-state index contributed by atoms with van der Waals surface area (Å²) in [4.78, 5) is 22.1. The summed E-state index contributed by atoms with van der Waals surface area (Å²) in [6.45, 7) is 1.68. The minimum atomic E-state index is -0.987. The van der Waals surface area contributed by atoms with E-state index in [2.05, 4.69) is 0 Å². The summed E-state index contributed by atoms with van der Waals surface area (Å²) in [6, 6.07) is 1.50. The number of hydrogen-bond donors (Lipinski definition) is 2. The lowest BCUT2D eigenvalue weighted by Crippen LogP contribution is -2.17. The van der Waals surface area contributed by atoms with E-state index in [0.29, 0.717) is 35.1 Å².